The number of quaternary nitrogens is 4. The highest BCUT2D eigenvalue weighted by Crippen LogP contribution is 2.05. The van der Waals surface area contributed by atoms with Crippen molar-refractivity contribution in [1.29, 1.82) is 0 Å². The van der Waals surface area contributed by atoms with Crippen LogP contribution in [0.4, 0.5) is 0 Å². The number of carbonyl (C=O) groups excluding carboxylic acids is 3. The molecule has 0 aliphatic heterocycles. The summed E-state index contributed by atoms with van der Waals surface area (Å²) in [5, 5.41) is 29.8. The Morgan fingerprint density at radius 1 is 0.385 bits per heavy atom. The number of rotatable bonds is 18. The Bertz CT molecular complexity index is 351. The Balaban J connectivity index is -0.0000000537. The first kappa shape index (κ1) is 57.4. The lowest BCUT2D eigenvalue weighted by molar-refractivity contribution is -0.325. The highest BCUT2D eigenvalue weighted by Gasteiger charge is 1.90. The summed E-state index contributed by atoms with van der Waals surface area (Å²) in [6.45, 7) is 6.41. The predicted molar refractivity (Wildman–Crippen MR) is 150 cm³/mol. The lowest BCUT2D eigenvalue weighted by Gasteiger charge is -2.00. The summed E-state index contributed by atoms with van der Waals surface area (Å²) in [4.78, 5) is 29.8. The van der Waals surface area contributed by atoms with Gasteiger partial charge in [0.05, 0.1) is 28.2 Å². The summed E-state index contributed by atoms with van der Waals surface area (Å²) >= 11 is 0. The topological polar surface area (TPSA) is 231 Å². The average molecular weight is 593 g/mol. The van der Waals surface area contributed by atoms with E-state index in [0.29, 0.717) is 0 Å². The summed E-state index contributed by atoms with van der Waals surface area (Å²) in [5.74, 6) is -2.76. The number of carboxylic acids is 3. The molecule has 0 atom stereocenters. The van der Waals surface area contributed by atoms with Crippen molar-refractivity contribution in [2.24, 2.45) is 0 Å². The molecule has 0 aliphatic rings. The number of carbonyl (C=O) groups is 3. The van der Waals surface area contributed by atoms with Gasteiger partial charge in [0, 0.05) is 17.9 Å². The number of unbranched alkanes of at least 4 members (excludes halogenated alkanes) is 12. The summed E-state index contributed by atoms with van der Waals surface area (Å²) in [6, 6.07) is 0. The third-order valence-corrected chi connectivity index (χ3v) is 4.45. The number of hydrogen-bond acceptors (Lipinski definition) is 6. The van der Waals surface area contributed by atoms with Gasteiger partial charge in [-0.25, -0.2) is 0 Å². The number of aliphatic carboxylic acids is 3. The van der Waals surface area contributed by atoms with E-state index in [1.54, 1.807) is 28.2 Å². The lowest BCUT2D eigenvalue weighted by atomic mass is 10.1. The molecule has 0 radical (unpaired) electrons. The zero-order chi connectivity index (χ0) is 31.5. The SMILES string of the molecule is CCCCCCCC(=O)[O-].CCCCCCCC(=O)[O-].CCCCCCCC(=O)[O-].C[NH3+].C[NH3+].C[NH3+].C[NH3+].[Cl-]. The van der Waals surface area contributed by atoms with Gasteiger partial charge < -0.3 is 65.0 Å². The standard InChI is InChI=1S/3C8H16O2.4CH5N.ClH/c3*1-2-3-4-5-6-7-8(9)10;4*1-2;/h3*2-7H2,1H3,(H,9,10);4*2H2,1H3;1H. The molecule has 0 bridgehead atoms. The Labute approximate surface area is 247 Å². The predicted octanol–water partition coefficient (Wildman–Crippen LogP) is -4.27. The van der Waals surface area contributed by atoms with Gasteiger partial charge in [0.15, 0.2) is 0 Å². The third kappa shape index (κ3) is 114. The third-order valence-electron chi connectivity index (χ3n) is 4.45. The molecule has 11 heteroatoms. The van der Waals surface area contributed by atoms with Crippen molar-refractivity contribution in [3.05, 3.63) is 0 Å². The molecular weight excluding hydrogens is 524 g/mol. The minimum Gasteiger partial charge on any atom is -1.00 e. The molecule has 0 saturated carbocycles. The quantitative estimate of drug-likeness (QED) is 0.115. The summed E-state index contributed by atoms with van der Waals surface area (Å²) in [6.07, 6.45) is 16.8. The fourth-order valence-electron chi connectivity index (χ4n) is 2.62. The highest BCUT2D eigenvalue weighted by atomic mass is 35.5. The molecule has 0 saturated heterocycles. The van der Waals surface area contributed by atoms with Crippen LogP contribution in [0.15, 0.2) is 0 Å². The maximum absolute atomic E-state index is 9.92. The normalized spacial score (nSPS) is 8.08. The molecule has 0 aromatic carbocycles. The second kappa shape index (κ2) is 70.8. The van der Waals surface area contributed by atoms with Gasteiger partial charge in [0.25, 0.3) is 0 Å². The van der Waals surface area contributed by atoms with Crippen LogP contribution in [0.1, 0.15) is 136 Å². The first-order valence-corrected chi connectivity index (χ1v) is 14.7. The van der Waals surface area contributed by atoms with Crippen molar-refractivity contribution in [2.45, 2.75) is 136 Å². The van der Waals surface area contributed by atoms with Crippen LogP contribution in [0.25, 0.3) is 0 Å². The Kier molecular flexibility index (Phi) is 104. The van der Waals surface area contributed by atoms with Gasteiger partial charge in [0.1, 0.15) is 0 Å². The van der Waals surface area contributed by atoms with Crippen LogP contribution >= 0.6 is 0 Å². The molecule has 0 aliphatic carbocycles. The van der Waals surface area contributed by atoms with E-state index in [1.807, 2.05) is 0 Å². The minimum atomic E-state index is -0.920. The molecule has 0 spiro atoms. The van der Waals surface area contributed by atoms with Gasteiger partial charge in [-0.2, -0.15) is 0 Å². The molecule has 244 valence electrons. The zero-order valence-electron chi connectivity index (χ0n) is 26.9. The van der Waals surface area contributed by atoms with Crippen LogP contribution in [0, 0.1) is 0 Å². The molecule has 0 fully saturated rings. The molecular formula is C28H69ClN4O6. The fraction of sp³-hybridized carbons (Fsp3) is 0.893. The van der Waals surface area contributed by atoms with E-state index >= 15 is 0 Å². The molecule has 0 aromatic heterocycles. The van der Waals surface area contributed by atoms with Gasteiger partial charge >= 0.3 is 0 Å². The van der Waals surface area contributed by atoms with E-state index in [4.69, 9.17) is 0 Å². The zero-order valence-corrected chi connectivity index (χ0v) is 27.6. The summed E-state index contributed by atoms with van der Waals surface area (Å²) < 4.78 is 0. The molecule has 39 heavy (non-hydrogen) atoms. The fourth-order valence-corrected chi connectivity index (χ4v) is 2.62. The smallest absolute Gasteiger partial charge is 0.0634 e. The average Bonchev–Trinajstić information content (AvgIpc) is 2.93. The van der Waals surface area contributed by atoms with E-state index in [-0.39, 0.29) is 31.7 Å². The van der Waals surface area contributed by atoms with Crippen molar-refractivity contribution in [2.75, 3.05) is 28.2 Å². The maximum Gasteiger partial charge on any atom is 0.0634 e. The molecule has 10 nitrogen and oxygen atoms in total. The lowest BCUT2D eigenvalue weighted by Crippen LogP contribution is -3.00. The molecule has 0 unspecified atom stereocenters. The second-order valence-corrected chi connectivity index (χ2v) is 7.61. The first-order valence-electron chi connectivity index (χ1n) is 14.7. The van der Waals surface area contributed by atoms with Gasteiger partial charge in [-0.1, -0.05) is 97.8 Å². The monoisotopic (exact) mass is 592 g/mol. The summed E-state index contributed by atoms with van der Waals surface area (Å²) in [5.41, 5.74) is 13.0. The molecule has 0 amide bonds. The Hall–Kier alpha value is -1.46. The Morgan fingerprint density at radius 2 is 0.538 bits per heavy atom. The van der Waals surface area contributed by atoms with Crippen LogP contribution in [0.5, 0.6) is 0 Å². The van der Waals surface area contributed by atoms with Gasteiger partial charge in [-0.15, -0.1) is 0 Å². The van der Waals surface area contributed by atoms with Gasteiger partial charge in [-0.3, -0.25) is 0 Å². The number of halogens is 1. The van der Waals surface area contributed by atoms with E-state index in [2.05, 4.69) is 43.7 Å². The Morgan fingerprint density at radius 3 is 0.667 bits per heavy atom. The van der Waals surface area contributed by atoms with Crippen LogP contribution in [0.2, 0.25) is 0 Å². The molecule has 0 aromatic rings. The first-order chi connectivity index (χ1) is 18.3. The van der Waals surface area contributed by atoms with Crippen molar-refractivity contribution in [3.8, 4) is 0 Å². The minimum absolute atomic E-state index is 0. The molecule has 0 heterocycles. The highest BCUT2D eigenvalue weighted by molar-refractivity contribution is 5.64. The van der Waals surface area contributed by atoms with Gasteiger partial charge in [-0.05, 0) is 38.5 Å². The second-order valence-electron chi connectivity index (χ2n) is 7.61. The van der Waals surface area contributed by atoms with E-state index in [0.717, 1.165) is 57.8 Å². The van der Waals surface area contributed by atoms with E-state index in [9.17, 15) is 29.7 Å². The van der Waals surface area contributed by atoms with E-state index < -0.39 is 17.9 Å². The maximum atomic E-state index is 9.92. The molecule has 12 N–H and O–H groups in total. The summed E-state index contributed by atoms with van der Waals surface area (Å²) in [7, 11) is 7.00. The van der Waals surface area contributed by atoms with Crippen molar-refractivity contribution < 1.29 is 65.0 Å². The van der Waals surface area contributed by atoms with Crippen LogP contribution < -0.4 is 50.7 Å². The molecule has 0 rings (SSSR count). The largest absolute Gasteiger partial charge is 1.00 e. The van der Waals surface area contributed by atoms with Crippen molar-refractivity contribution in [1.82, 2.24) is 0 Å². The van der Waals surface area contributed by atoms with Crippen LogP contribution in [0.3, 0.4) is 0 Å². The number of carboxylic acid groups (broad SMARTS) is 3. The number of hydrogen-bond donors (Lipinski definition) is 4. The van der Waals surface area contributed by atoms with E-state index in [1.165, 1.54) is 38.5 Å². The van der Waals surface area contributed by atoms with Crippen LogP contribution in [-0.2, 0) is 14.4 Å². The van der Waals surface area contributed by atoms with Crippen molar-refractivity contribution in [3.63, 3.8) is 0 Å². The van der Waals surface area contributed by atoms with Gasteiger partial charge in [0.2, 0.25) is 0 Å². The van der Waals surface area contributed by atoms with Crippen molar-refractivity contribution >= 4 is 17.9 Å². The van der Waals surface area contributed by atoms with Crippen LogP contribution in [-0.4, -0.2) is 46.1 Å².